The molecule has 2 aromatic rings. The van der Waals surface area contributed by atoms with E-state index in [2.05, 4.69) is 20.7 Å². The number of aromatic nitrogens is 3. The molecular weight excluding hydrogens is 373 g/mol. The second-order valence-electron chi connectivity index (χ2n) is 5.52. The van der Waals surface area contributed by atoms with Crippen molar-refractivity contribution in [2.24, 2.45) is 7.05 Å². The molecule has 9 heteroatoms. The van der Waals surface area contributed by atoms with E-state index in [9.17, 15) is 4.79 Å². The molecular formula is C15H18Cl3N5O. The largest absolute Gasteiger partial charge is 0.317 e. The fraction of sp³-hybridized carbons (Fsp3) is 0.400. The molecule has 1 fully saturated rings. The van der Waals surface area contributed by atoms with Gasteiger partial charge in [-0.05, 0) is 44.1 Å². The van der Waals surface area contributed by atoms with E-state index in [-0.39, 0.29) is 18.3 Å². The van der Waals surface area contributed by atoms with Gasteiger partial charge in [-0.1, -0.05) is 23.2 Å². The van der Waals surface area contributed by atoms with Gasteiger partial charge >= 0.3 is 0 Å². The van der Waals surface area contributed by atoms with Crippen LogP contribution in [0.3, 0.4) is 0 Å². The molecule has 1 amide bonds. The summed E-state index contributed by atoms with van der Waals surface area (Å²) in [5, 5.41) is 11.3. The van der Waals surface area contributed by atoms with Crippen molar-refractivity contribution in [2.45, 2.75) is 18.8 Å². The van der Waals surface area contributed by atoms with Crippen molar-refractivity contribution in [3.63, 3.8) is 0 Å². The molecule has 1 aromatic carbocycles. The Morgan fingerprint density at radius 3 is 2.71 bits per heavy atom. The summed E-state index contributed by atoms with van der Waals surface area (Å²) in [7, 11) is 1.76. The quantitative estimate of drug-likeness (QED) is 0.844. The number of amides is 1. The molecule has 6 nitrogen and oxygen atoms in total. The summed E-state index contributed by atoms with van der Waals surface area (Å²) in [4.78, 5) is 16.8. The van der Waals surface area contributed by atoms with Crippen LogP contribution in [0.2, 0.25) is 10.0 Å². The average molecular weight is 391 g/mol. The number of hydrogen-bond acceptors (Lipinski definition) is 4. The first-order chi connectivity index (χ1) is 11.0. The van der Waals surface area contributed by atoms with Crippen molar-refractivity contribution >= 4 is 47.5 Å². The van der Waals surface area contributed by atoms with Crippen LogP contribution in [-0.2, 0) is 7.05 Å². The molecule has 0 radical (unpaired) electrons. The average Bonchev–Trinajstić information content (AvgIpc) is 2.89. The Labute approximate surface area is 156 Å². The number of aryl methyl sites for hydroxylation is 1. The van der Waals surface area contributed by atoms with Crippen LogP contribution in [0.4, 0.5) is 5.95 Å². The van der Waals surface area contributed by atoms with Gasteiger partial charge in [0, 0.05) is 18.0 Å². The first-order valence-corrected chi connectivity index (χ1v) is 8.18. The molecule has 1 aliphatic heterocycles. The minimum absolute atomic E-state index is 0. The predicted molar refractivity (Wildman–Crippen MR) is 97.5 cm³/mol. The van der Waals surface area contributed by atoms with E-state index in [0.717, 1.165) is 31.8 Å². The number of carbonyl (C=O) groups is 1. The Kier molecular flexibility index (Phi) is 6.46. The Balaban J connectivity index is 0.00000208. The molecule has 1 aromatic heterocycles. The van der Waals surface area contributed by atoms with E-state index >= 15 is 0 Å². The minimum Gasteiger partial charge on any atom is -0.317 e. The van der Waals surface area contributed by atoms with Crippen LogP contribution in [0.25, 0.3) is 0 Å². The van der Waals surface area contributed by atoms with Crippen molar-refractivity contribution in [1.29, 1.82) is 0 Å². The van der Waals surface area contributed by atoms with E-state index in [1.165, 1.54) is 6.07 Å². The third-order valence-corrected chi connectivity index (χ3v) is 4.43. The second-order valence-corrected chi connectivity index (χ2v) is 6.36. The lowest BCUT2D eigenvalue weighted by Gasteiger charge is -2.19. The van der Waals surface area contributed by atoms with Gasteiger partial charge in [0.25, 0.3) is 5.91 Å². The third-order valence-electron chi connectivity index (χ3n) is 3.88. The molecule has 0 unspecified atom stereocenters. The topological polar surface area (TPSA) is 71.8 Å². The lowest BCUT2D eigenvalue weighted by molar-refractivity contribution is 0.102. The van der Waals surface area contributed by atoms with E-state index < -0.39 is 0 Å². The highest BCUT2D eigenvalue weighted by Crippen LogP contribution is 2.24. The number of carbonyl (C=O) groups excluding carboxylic acids is 1. The van der Waals surface area contributed by atoms with Gasteiger partial charge in [0.2, 0.25) is 5.95 Å². The maximum atomic E-state index is 12.4. The number of anilines is 1. The number of piperidine rings is 1. The van der Waals surface area contributed by atoms with Crippen LogP contribution in [0.5, 0.6) is 0 Å². The number of rotatable bonds is 3. The molecule has 1 saturated heterocycles. The summed E-state index contributed by atoms with van der Waals surface area (Å²) in [6.45, 7) is 1.93. The summed E-state index contributed by atoms with van der Waals surface area (Å²) in [5.74, 6) is 1.17. The Hall–Kier alpha value is -1.34. The highest BCUT2D eigenvalue weighted by Gasteiger charge is 2.22. The number of nitrogens with one attached hydrogen (secondary N) is 2. The molecule has 24 heavy (non-hydrogen) atoms. The predicted octanol–water partition coefficient (Wildman–Crippen LogP) is 3.26. The molecule has 130 valence electrons. The van der Waals surface area contributed by atoms with Crippen LogP contribution in [-0.4, -0.2) is 33.8 Å². The summed E-state index contributed by atoms with van der Waals surface area (Å²) >= 11 is 11.9. The first-order valence-electron chi connectivity index (χ1n) is 7.42. The molecule has 0 aliphatic carbocycles. The molecule has 2 N–H and O–H groups in total. The van der Waals surface area contributed by atoms with Gasteiger partial charge in [-0.15, -0.1) is 12.4 Å². The lowest BCUT2D eigenvalue weighted by Crippen LogP contribution is -2.27. The van der Waals surface area contributed by atoms with Crippen molar-refractivity contribution in [3.05, 3.63) is 39.6 Å². The van der Waals surface area contributed by atoms with Crippen LogP contribution in [0.15, 0.2) is 18.2 Å². The fourth-order valence-electron chi connectivity index (χ4n) is 2.61. The highest BCUT2D eigenvalue weighted by molar-refractivity contribution is 6.37. The van der Waals surface area contributed by atoms with Gasteiger partial charge in [0.1, 0.15) is 0 Å². The standard InChI is InChI=1S/C15H17Cl2N5O.ClH/c1-22-15(19-13(21-22)9-4-6-18-7-5-9)20-14(23)11-3-2-10(16)8-12(11)17;/h2-3,8-9,18H,4-7H2,1H3,(H,19,20,21,23);1H. The van der Waals surface area contributed by atoms with Gasteiger partial charge in [0.05, 0.1) is 10.6 Å². The van der Waals surface area contributed by atoms with Gasteiger partial charge in [-0.3, -0.25) is 10.1 Å². The van der Waals surface area contributed by atoms with Crippen molar-refractivity contribution < 1.29 is 4.79 Å². The molecule has 1 aliphatic rings. The molecule has 2 heterocycles. The summed E-state index contributed by atoms with van der Waals surface area (Å²) in [6, 6.07) is 4.75. The molecule has 0 bridgehead atoms. The summed E-state index contributed by atoms with van der Waals surface area (Å²) in [6.07, 6.45) is 2.00. The Morgan fingerprint density at radius 2 is 2.04 bits per heavy atom. The monoisotopic (exact) mass is 389 g/mol. The van der Waals surface area contributed by atoms with Gasteiger partial charge < -0.3 is 5.32 Å². The zero-order chi connectivity index (χ0) is 16.4. The normalized spacial score (nSPS) is 15.0. The van der Waals surface area contributed by atoms with Crippen LogP contribution >= 0.6 is 35.6 Å². The molecule has 3 rings (SSSR count). The number of halogens is 3. The highest BCUT2D eigenvalue weighted by atomic mass is 35.5. The third kappa shape index (κ3) is 4.19. The summed E-state index contributed by atoms with van der Waals surface area (Å²) in [5.41, 5.74) is 0.350. The van der Waals surface area contributed by atoms with E-state index in [0.29, 0.717) is 27.5 Å². The second kappa shape index (κ2) is 8.16. The Bertz CT molecular complexity index is 728. The minimum atomic E-state index is -0.334. The number of hydrogen-bond donors (Lipinski definition) is 2. The zero-order valence-electron chi connectivity index (χ0n) is 13.1. The molecule has 0 saturated carbocycles. The van der Waals surface area contributed by atoms with Gasteiger partial charge in [-0.25, -0.2) is 4.68 Å². The maximum Gasteiger partial charge on any atom is 0.259 e. The smallest absolute Gasteiger partial charge is 0.259 e. The van der Waals surface area contributed by atoms with Gasteiger partial charge in [0.15, 0.2) is 5.82 Å². The lowest BCUT2D eigenvalue weighted by atomic mass is 9.98. The molecule has 0 atom stereocenters. The van der Waals surface area contributed by atoms with E-state index in [4.69, 9.17) is 23.2 Å². The van der Waals surface area contributed by atoms with Gasteiger partial charge in [-0.2, -0.15) is 10.1 Å². The Morgan fingerprint density at radius 1 is 1.33 bits per heavy atom. The van der Waals surface area contributed by atoms with Crippen LogP contribution < -0.4 is 10.6 Å². The van der Waals surface area contributed by atoms with Crippen LogP contribution in [0, 0.1) is 0 Å². The van der Waals surface area contributed by atoms with E-state index in [1.54, 1.807) is 23.9 Å². The zero-order valence-corrected chi connectivity index (χ0v) is 15.4. The molecule has 0 spiro atoms. The van der Waals surface area contributed by atoms with E-state index in [1.807, 2.05) is 0 Å². The fourth-order valence-corrected chi connectivity index (χ4v) is 3.10. The maximum absolute atomic E-state index is 12.4. The summed E-state index contributed by atoms with van der Waals surface area (Å²) < 4.78 is 1.58. The SMILES string of the molecule is Cl.Cn1nc(C2CCNCC2)nc1NC(=O)c1ccc(Cl)cc1Cl. The van der Waals surface area contributed by atoms with Crippen LogP contribution in [0.1, 0.15) is 34.9 Å². The van der Waals surface area contributed by atoms with Crippen molar-refractivity contribution in [3.8, 4) is 0 Å². The van der Waals surface area contributed by atoms with Crippen molar-refractivity contribution in [1.82, 2.24) is 20.1 Å². The number of benzene rings is 1. The first kappa shape index (κ1) is 19.0. The number of nitrogens with zero attached hydrogens (tertiary/aromatic N) is 3. The van der Waals surface area contributed by atoms with Crippen molar-refractivity contribution in [2.75, 3.05) is 18.4 Å².